The number of rotatable bonds is 5. The first-order valence-electron chi connectivity index (χ1n) is 4.74. The standard InChI is InChI=1S/C11H14BrNO3/c1-13-6-9(14)7-4-5-8(12)11(16-3)10(7)15-2/h4-5,13H,6H2,1-3H3. The van der Waals surface area contributed by atoms with Crippen molar-refractivity contribution in [2.24, 2.45) is 0 Å². The molecule has 0 aliphatic rings. The van der Waals surface area contributed by atoms with E-state index in [0.29, 0.717) is 17.1 Å². The molecule has 88 valence electrons. The molecule has 0 fully saturated rings. The molecule has 4 nitrogen and oxygen atoms in total. The minimum atomic E-state index is -0.0369. The van der Waals surface area contributed by atoms with E-state index in [1.165, 1.54) is 14.2 Å². The van der Waals surface area contributed by atoms with Gasteiger partial charge in [0.05, 0.1) is 30.8 Å². The summed E-state index contributed by atoms with van der Waals surface area (Å²) in [5, 5.41) is 2.81. The fourth-order valence-electron chi connectivity index (χ4n) is 1.41. The summed E-state index contributed by atoms with van der Waals surface area (Å²) in [7, 11) is 4.77. The lowest BCUT2D eigenvalue weighted by molar-refractivity contribution is 0.0990. The fraction of sp³-hybridized carbons (Fsp3) is 0.364. The van der Waals surface area contributed by atoms with Crippen LogP contribution in [0.25, 0.3) is 0 Å². The molecule has 0 radical (unpaired) electrons. The van der Waals surface area contributed by atoms with Gasteiger partial charge < -0.3 is 14.8 Å². The van der Waals surface area contributed by atoms with Gasteiger partial charge in [0.15, 0.2) is 17.3 Å². The molecular formula is C11H14BrNO3. The highest BCUT2D eigenvalue weighted by Gasteiger charge is 2.18. The number of Topliss-reactive ketones (excluding diaryl/α,β-unsaturated/α-hetero) is 1. The molecule has 0 aliphatic heterocycles. The van der Waals surface area contributed by atoms with Gasteiger partial charge in [0.2, 0.25) is 0 Å². The molecule has 0 saturated carbocycles. The van der Waals surface area contributed by atoms with Crippen LogP contribution in [0.15, 0.2) is 16.6 Å². The molecule has 1 N–H and O–H groups in total. The van der Waals surface area contributed by atoms with E-state index in [2.05, 4.69) is 21.2 Å². The highest BCUT2D eigenvalue weighted by molar-refractivity contribution is 9.10. The first-order valence-corrected chi connectivity index (χ1v) is 5.53. The average Bonchev–Trinajstić information content (AvgIpc) is 2.28. The van der Waals surface area contributed by atoms with Crippen LogP contribution in [0.3, 0.4) is 0 Å². The maximum atomic E-state index is 11.8. The largest absolute Gasteiger partial charge is 0.492 e. The van der Waals surface area contributed by atoms with Gasteiger partial charge in [0.1, 0.15) is 0 Å². The van der Waals surface area contributed by atoms with Crippen molar-refractivity contribution in [1.29, 1.82) is 0 Å². The Morgan fingerprint density at radius 2 is 1.94 bits per heavy atom. The van der Waals surface area contributed by atoms with Gasteiger partial charge in [0.25, 0.3) is 0 Å². The number of hydrogen-bond acceptors (Lipinski definition) is 4. The molecule has 1 aromatic rings. The van der Waals surface area contributed by atoms with Crippen molar-refractivity contribution in [2.45, 2.75) is 0 Å². The van der Waals surface area contributed by atoms with Gasteiger partial charge in [-0.1, -0.05) is 0 Å². The van der Waals surface area contributed by atoms with E-state index >= 15 is 0 Å². The Bertz CT molecular complexity index is 393. The highest BCUT2D eigenvalue weighted by atomic mass is 79.9. The second kappa shape index (κ2) is 5.86. The Kier molecular flexibility index (Phi) is 4.76. The minimum absolute atomic E-state index is 0.0369. The number of carbonyl (C=O) groups excluding carboxylic acids is 1. The van der Waals surface area contributed by atoms with Gasteiger partial charge >= 0.3 is 0 Å². The predicted molar refractivity (Wildman–Crippen MR) is 65.5 cm³/mol. The molecule has 0 unspecified atom stereocenters. The number of nitrogens with one attached hydrogen (secondary N) is 1. The first kappa shape index (κ1) is 13.0. The molecule has 0 saturated heterocycles. The van der Waals surface area contributed by atoms with Crippen molar-refractivity contribution in [1.82, 2.24) is 5.32 Å². The van der Waals surface area contributed by atoms with Crippen LogP contribution in [0.2, 0.25) is 0 Å². The number of methoxy groups -OCH3 is 2. The van der Waals surface area contributed by atoms with E-state index in [0.717, 1.165) is 4.47 Å². The van der Waals surface area contributed by atoms with Crippen LogP contribution in [0.1, 0.15) is 10.4 Å². The summed E-state index contributed by atoms with van der Waals surface area (Å²) in [4.78, 5) is 11.8. The van der Waals surface area contributed by atoms with Gasteiger partial charge in [0, 0.05) is 0 Å². The third-order valence-electron chi connectivity index (χ3n) is 2.11. The zero-order valence-corrected chi connectivity index (χ0v) is 11.1. The second-order valence-corrected chi connectivity index (χ2v) is 3.97. The third-order valence-corrected chi connectivity index (χ3v) is 2.73. The smallest absolute Gasteiger partial charge is 0.180 e. The summed E-state index contributed by atoms with van der Waals surface area (Å²) in [6.07, 6.45) is 0. The molecule has 0 aliphatic carbocycles. The molecule has 0 heterocycles. The molecule has 0 atom stereocenters. The van der Waals surface area contributed by atoms with Crippen LogP contribution in [-0.4, -0.2) is 33.6 Å². The maximum absolute atomic E-state index is 11.8. The molecule has 1 rings (SSSR count). The van der Waals surface area contributed by atoms with Crippen LogP contribution in [0, 0.1) is 0 Å². The van der Waals surface area contributed by atoms with Gasteiger partial charge in [-0.3, -0.25) is 4.79 Å². The van der Waals surface area contributed by atoms with E-state index in [-0.39, 0.29) is 12.3 Å². The average molecular weight is 288 g/mol. The van der Waals surface area contributed by atoms with Gasteiger partial charge in [-0.05, 0) is 35.1 Å². The zero-order chi connectivity index (χ0) is 12.1. The van der Waals surface area contributed by atoms with E-state index in [1.807, 2.05) is 0 Å². The van der Waals surface area contributed by atoms with Gasteiger partial charge in [-0.2, -0.15) is 0 Å². The highest BCUT2D eigenvalue weighted by Crippen LogP contribution is 2.37. The molecule has 0 bridgehead atoms. The number of hydrogen-bond donors (Lipinski definition) is 1. The van der Waals surface area contributed by atoms with Crippen molar-refractivity contribution in [3.8, 4) is 11.5 Å². The minimum Gasteiger partial charge on any atom is -0.492 e. The molecule has 1 aromatic carbocycles. The second-order valence-electron chi connectivity index (χ2n) is 3.11. The number of ether oxygens (including phenoxy) is 2. The predicted octanol–water partition coefficient (Wildman–Crippen LogP) is 1.87. The van der Waals surface area contributed by atoms with Crippen molar-refractivity contribution >= 4 is 21.7 Å². The number of carbonyl (C=O) groups is 1. The summed E-state index contributed by atoms with van der Waals surface area (Å²) < 4.78 is 11.2. The van der Waals surface area contributed by atoms with Crippen molar-refractivity contribution < 1.29 is 14.3 Å². The summed E-state index contributed by atoms with van der Waals surface area (Å²) >= 11 is 3.34. The van der Waals surface area contributed by atoms with E-state index in [9.17, 15) is 4.79 Å². The van der Waals surface area contributed by atoms with Crippen molar-refractivity contribution in [3.05, 3.63) is 22.2 Å². The molecule has 16 heavy (non-hydrogen) atoms. The lowest BCUT2D eigenvalue weighted by Gasteiger charge is -2.13. The third kappa shape index (κ3) is 2.54. The number of halogens is 1. The maximum Gasteiger partial charge on any atom is 0.180 e. The summed E-state index contributed by atoms with van der Waals surface area (Å²) in [5.74, 6) is 0.951. The molecule has 0 spiro atoms. The van der Waals surface area contributed by atoms with E-state index < -0.39 is 0 Å². The lowest BCUT2D eigenvalue weighted by atomic mass is 10.1. The summed E-state index contributed by atoms with van der Waals surface area (Å²) in [5.41, 5.74) is 0.511. The normalized spacial score (nSPS) is 10.0. The van der Waals surface area contributed by atoms with Crippen LogP contribution in [-0.2, 0) is 0 Å². The van der Waals surface area contributed by atoms with Gasteiger partial charge in [-0.15, -0.1) is 0 Å². The monoisotopic (exact) mass is 287 g/mol. The van der Waals surface area contributed by atoms with Crippen LogP contribution >= 0.6 is 15.9 Å². The topological polar surface area (TPSA) is 47.6 Å². The summed E-state index contributed by atoms with van der Waals surface area (Å²) in [6, 6.07) is 3.48. The van der Waals surface area contributed by atoms with Crippen LogP contribution in [0.4, 0.5) is 0 Å². The Labute approximate surface area is 103 Å². The molecule has 5 heteroatoms. The number of benzene rings is 1. The molecular weight excluding hydrogens is 274 g/mol. The Balaban J connectivity index is 3.24. The SMILES string of the molecule is CNCC(=O)c1ccc(Br)c(OC)c1OC. The van der Waals surface area contributed by atoms with Crippen LogP contribution < -0.4 is 14.8 Å². The number of ketones is 1. The lowest BCUT2D eigenvalue weighted by Crippen LogP contribution is -2.19. The first-order chi connectivity index (χ1) is 7.65. The molecule has 0 amide bonds. The fourth-order valence-corrected chi connectivity index (χ4v) is 1.88. The molecule has 0 aromatic heterocycles. The van der Waals surface area contributed by atoms with Gasteiger partial charge in [-0.25, -0.2) is 0 Å². The van der Waals surface area contributed by atoms with E-state index in [4.69, 9.17) is 9.47 Å². The van der Waals surface area contributed by atoms with Crippen molar-refractivity contribution in [2.75, 3.05) is 27.8 Å². The van der Waals surface area contributed by atoms with E-state index in [1.54, 1.807) is 19.2 Å². The van der Waals surface area contributed by atoms with Crippen molar-refractivity contribution in [3.63, 3.8) is 0 Å². The Morgan fingerprint density at radius 1 is 1.31 bits per heavy atom. The summed E-state index contributed by atoms with van der Waals surface area (Å²) in [6.45, 7) is 0.265. The quantitative estimate of drug-likeness (QED) is 0.840. The Morgan fingerprint density at radius 3 is 2.44 bits per heavy atom. The van der Waals surface area contributed by atoms with Crippen LogP contribution in [0.5, 0.6) is 11.5 Å². The Hall–Kier alpha value is -1.07. The number of likely N-dealkylation sites (N-methyl/N-ethyl adjacent to an activating group) is 1. The zero-order valence-electron chi connectivity index (χ0n) is 9.46.